The van der Waals surface area contributed by atoms with Crippen LogP contribution in [0.2, 0.25) is 0 Å². The fraction of sp³-hybridized carbons (Fsp3) is 0.500. The second kappa shape index (κ2) is 6.99. The summed E-state index contributed by atoms with van der Waals surface area (Å²) in [6.45, 7) is 5.35. The van der Waals surface area contributed by atoms with E-state index in [0.717, 1.165) is 15.8 Å². The van der Waals surface area contributed by atoms with E-state index in [-0.39, 0.29) is 5.92 Å². The number of amides is 1. The molecule has 2 aromatic rings. The molecule has 0 aliphatic carbocycles. The maximum atomic E-state index is 12.7. The normalized spacial score (nSPS) is 19.1. The van der Waals surface area contributed by atoms with Crippen LogP contribution in [-0.2, 0) is 10.2 Å². The molecule has 3 heterocycles. The monoisotopic (exact) mass is 382 g/mol. The van der Waals surface area contributed by atoms with Gasteiger partial charge in [0.15, 0.2) is 0 Å². The first kappa shape index (κ1) is 18.2. The number of rotatable bonds is 6. The highest BCUT2D eigenvalue weighted by Gasteiger charge is 2.37. The number of hydrogen-bond acceptors (Lipinski definition) is 5. The predicted molar refractivity (Wildman–Crippen MR) is 98.9 cm³/mol. The number of fused-ring (bicyclic) bond motifs is 1. The van der Waals surface area contributed by atoms with Gasteiger partial charge in [0.05, 0.1) is 4.88 Å². The van der Waals surface area contributed by atoms with Crippen molar-refractivity contribution in [2.45, 2.75) is 26.2 Å². The van der Waals surface area contributed by atoms with Crippen LogP contribution in [0.25, 0.3) is 10.2 Å². The highest BCUT2D eigenvalue weighted by Crippen LogP contribution is 2.39. The Bertz CT molecular complexity index is 890. The smallest absolute Gasteiger partial charge is 0.281 e. The predicted octanol–water partition coefficient (Wildman–Crippen LogP) is 1.77. The third-order valence-corrected chi connectivity index (χ3v) is 7.94. The number of thiophene rings is 1. The van der Waals surface area contributed by atoms with E-state index in [1.165, 1.54) is 19.9 Å². The van der Waals surface area contributed by atoms with Gasteiger partial charge < -0.3 is 5.73 Å². The summed E-state index contributed by atoms with van der Waals surface area (Å²) in [5.74, 6) is -0.533. The summed E-state index contributed by atoms with van der Waals surface area (Å²) in [6.07, 6.45) is 2.35. The van der Waals surface area contributed by atoms with Crippen LogP contribution < -0.4 is 5.73 Å². The molecule has 0 radical (unpaired) electrons. The minimum atomic E-state index is -3.47. The van der Waals surface area contributed by atoms with Gasteiger partial charge in [-0.05, 0) is 18.1 Å². The molecular weight excluding hydrogens is 360 g/mol. The lowest BCUT2D eigenvalue weighted by Crippen LogP contribution is -2.42. The summed E-state index contributed by atoms with van der Waals surface area (Å²) in [5, 5.41) is 0.897. The minimum absolute atomic E-state index is 0.0502. The third-order valence-electron chi connectivity index (χ3n) is 4.65. The molecule has 1 amide bonds. The topological polar surface area (TPSA) is 96.6 Å². The van der Waals surface area contributed by atoms with Crippen molar-refractivity contribution in [1.29, 1.82) is 0 Å². The molecule has 0 bridgehead atoms. The van der Waals surface area contributed by atoms with Crippen molar-refractivity contribution in [2.75, 3.05) is 26.2 Å². The first-order valence-electron chi connectivity index (χ1n) is 8.32. The van der Waals surface area contributed by atoms with Crippen molar-refractivity contribution in [3.63, 3.8) is 0 Å². The largest absolute Gasteiger partial charge is 0.365 e. The number of carbonyl (C=O) groups excluding carboxylic acids is 1. The Balaban J connectivity index is 1.96. The Hall–Kier alpha value is -1.55. The Kier molecular flexibility index (Phi) is 5.10. The average molecular weight is 383 g/mol. The fourth-order valence-corrected chi connectivity index (χ4v) is 6.19. The van der Waals surface area contributed by atoms with Gasteiger partial charge in [-0.25, -0.2) is 4.98 Å². The van der Waals surface area contributed by atoms with Crippen molar-refractivity contribution >= 4 is 37.7 Å². The van der Waals surface area contributed by atoms with Gasteiger partial charge in [0.2, 0.25) is 0 Å². The molecule has 1 atom stereocenters. The SMILES string of the molecule is CCN(CC)S(=O)(=O)N1CCC(c2c(C(N)=O)sc3ncccc23)C1. The van der Waals surface area contributed by atoms with Gasteiger partial charge in [-0.1, -0.05) is 19.9 Å². The van der Waals surface area contributed by atoms with Crippen LogP contribution in [0.15, 0.2) is 18.3 Å². The van der Waals surface area contributed by atoms with Gasteiger partial charge in [0.1, 0.15) is 4.83 Å². The first-order chi connectivity index (χ1) is 11.9. The molecule has 25 heavy (non-hydrogen) atoms. The standard InChI is InChI=1S/C16H22N4O3S2/c1-3-19(4-2)25(22,23)20-9-7-11(10-20)13-12-6-5-8-18-16(12)24-14(13)15(17)21/h5-6,8,11H,3-4,7,9-10H2,1-2H3,(H2,17,21). The van der Waals surface area contributed by atoms with Crippen molar-refractivity contribution in [3.05, 3.63) is 28.8 Å². The second-order valence-corrected chi connectivity index (χ2v) is 8.93. The molecule has 0 saturated carbocycles. The second-order valence-electron chi connectivity index (χ2n) is 6.00. The molecule has 9 heteroatoms. The van der Waals surface area contributed by atoms with E-state index in [4.69, 9.17) is 5.73 Å². The number of aromatic nitrogens is 1. The third kappa shape index (κ3) is 3.17. The molecule has 136 valence electrons. The quantitative estimate of drug-likeness (QED) is 0.823. The van der Waals surface area contributed by atoms with Crippen LogP contribution in [0.4, 0.5) is 0 Å². The van der Waals surface area contributed by atoms with Crippen LogP contribution in [0.1, 0.15) is 41.4 Å². The molecule has 1 unspecified atom stereocenters. The van der Waals surface area contributed by atoms with Gasteiger partial charge in [-0.15, -0.1) is 11.3 Å². The molecule has 1 fully saturated rings. The number of primary amides is 1. The maximum Gasteiger partial charge on any atom is 0.281 e. The molecule has 0 aromatic carbocycles. The maximum absolute atomic E-state index is 12.7. The van der Waals surface area contributed by atoms with Crippen LogP contribution >= 0.6 is 11.3 Å². The zero-order chi connectivity index (χ0) is 18.2. The summed E-state index contributed by atoms with van der Waals surface area (Å²) in [6, 6.07) is 3.74. The molecule has 1 aliphatic heterocycles. The Labute approximate surface area is 151 Å². The van der Waals surface area contributed by atoms with E-state index in [2.05, 4.69) is 4.98 Å². The lowest BCUT2D eigenvalue weighted by Gasteiger charge is -2.25. The van der Waals surface area contributed by atoms with Crippen LogP contribution in [-0.4, -0.2) is 54.1 Å². The Morgan fingerprint density at radius 1 is 1.44 bits per heavy atom. The molecule has 1 aliphatic rings. The average Bonchev–Trinajstić information content (AvgIpc) is 3.20. The highest BCUT2D eigenvalue weighted by atomic mass is 32.2. The number of hydrogen-bond donors (Lipinski definition) is 1. The van der Waals surface area contributed by atoms with Gasteiger partial charge in [-0.2, -0.15) is 17.0 Å². The summed E-state index contributed by atoms with van der Waals surface area (Å²) >= 11 is 1.28. The van der Waals surface area contributed by atoms with Crippen molar-refractivity contribution in [1.82, 2.24) is 13.6 Å². The van der Waals surface area contributed by atoms with E-state index in [9.17, 15) is 13.2 Å². The van der Waals surface area contributed by atoms with Gasteiger partial charge in [0, 0.05) is 43.7 Å². The van der Waals surface area contributed by atoms with Crippen LogP contribution in [0, 0.1) is 0 Å². The first-order valence-corrected chi connectivity index (χ1v) is 10.5. The molecule has 2 aromatic heterocycles. The van der Waals surface area contributed by atoms with Crippen LogP contribution in [0.5, 0.6) is 0 Å². The number of nitrogens with zero attached hydrogens (tertiary/aromatic N) is 3. The molecule has 2 N–H and O–H groups in total. The highest BCUT2D eigenvalue weighted by molar-refractivity contribution is 7.86. The number of carbonyl (C=O) groups is 1. The van der Waals surface area contributed by atoms with Crippen molar-refractivity contribution in [2.24, 2.45) is 5.73 Å². The lowest BCUT2D eigenvalue weighted by atomic mass is 9.96. The van der Waals surface area contributed by atoms with E-state index in [1.807, 2.05) is 26.0 Å². The van der Waals surface area contributed by atoms with Gasteiger partial charge in [0.25, 0.3) is 16.1 Å². The number of nitrogens with two attached hydrogens (primary N) is 1. The summed E-state index contributed by atoms with van der Waals surface area (Å²) in [4.78, 5) is 17.4. The summed E-state index contributed by atoms with van der Waals surface area (Å²) < 4.78 is 28.5. The molecular formula is C16H22N4O3S2. The molecule has 7 nitrogen and oxygen atoms in total. The van der Waals surface area contributed by atoms with Crippen LogP contribution in [0.3, 0.4) is 0 Å². The van der Waals surface area contributed by atoms with Gasteiger partial charge in [-0.3, -0.25) is 4.79 Å². The zero-order valence-corrected chi connectivity index (χ0v) is 15.9. The van der Waals surface area contributed by atoms with Gasteiger partial charge >= 0.3 is 0 Å². The van der Waals surface area contributed by atoms with Crippen molar-refractivity contribution in [3.8, 4) is 0 Å². The Morgan fingerprint density at radius 2 is 2.16 bits per heavy atom. The molecule has 1 saturated heterocycles. The molecule has 0 spiro atoms. The van der Waals surface area contributed by atoms with E-state index in [1.54, 1.807) is 6.20 Å². The van der Waals surface area contributed by atoms with Crippen molar-refractivity contribution < 1.29 is 13.2 Å². The molecule has 3 rings (SSSR count). The van der Waals surface area contributed by atoms with E-state index < -0.39 is 16.1 Å². The van der Waals surface area contributed by atoms with E-state index >= 15 is 0 Å². The summed E-state index contributed by atoms with van der Waals surface area (Å²) in [7, 11) is -3.47. The summed E-state index contributed by atoms with van der Waals surface area (Å²) in [5.41, 5.74) is 6.41. The minimum Gasteiger partial charge on any atom is -0.365 e. The number of pyridine rings is 1. The lowest BCUT2D eigenvalue weighted by molar-refractivity contribution is 0.100. The zero-order valence-electron chi connectivity index (χ0n) is 14.3. The fourth-order valence-electron chi connectivity index (χ4n) is 3.43. The Morgan fingerprint density at radius 3 is 2.80 bits per heavy atom. The van der Waals surface area contributed by atoms with E-state index in [0.29, 0.717) is 37.5 Å².